The molecule has 1 aromatic heterocycles. The van der Waals surface area contributed by atoms with E-state index in [9.17, 15) is 22.4 Å². The number of carbonyl (C=O) groups is 1. The van der Waals surface area contributed by atoms with Gasteiger partial charge in [0.2, 0.25) is 5.82 Å². The summed E-state index contributed by atoms with van der Waals surface area (Å²) < 4.78 is 56.1. The first-order valence-corrected chi connectivity index (χ1v) is 8.42. The first-order valence-electron chi connectivity index (χ1n) is 8.42. The number of amides is 1. The molecular weight excluding hydrogens is 378 g/mol. The fourth-order valence-electron chi connectivity index (χ4n) is 3.23. The van der Waals surface area contributed by atoms with Gasteiger partial charge >= 0.3 is 12.1 Å². The lowest BCUT2D eigenvalue weighted by molar-refractivity contribution is -0.159. The molecule has 1 unspecified atom stereocenters. The van der Waals surface area contributed by atoms with Gasteiger partial charge in [-0.15, -0.1) is 0 Å². The Bertz CT molecular complexity index is 1050. The summed E-state index contributed by atoms with van der Waals surface area (Å²) in [5, 5.41) is 6.01. The highest BCUT2D eigenvalue weighted by Gasteiger charge is 2.38. The minimum absolute atomic E-state index is 0.0465. The summed E-state index contributed by atoms with van der Waals surface area (Å²) in [7, 11) is 0. The van der Waals surface area contributed by atoms with Gasteiger partial charge in [-0.2, -0.15) is 18.2 Å². The minimum Gasteiger partial charge on any atom is -0.345 e. The lowest BCUT2D eigenvalue weighted by Gasteiger charge is -2.14. The van der Waals surface area contributed by atoms with Crippen LogP contribution in [0, 0.1) is 5.82 Å². The molecule has 1 aliphatic rings. The average Bonchev–Trinajstić information content (AvgIpc) is 3.29. The smallest absolute Gasteiger partial charge is 0.345 e. The van der Waals surface area contributed by atoms with Gasteiger partial charge in [-0.3, -0.25) is 4.79 Å². The van der Waals surface area contributed by atoms with Crippen LogP contribution in [0.5, 0.6) is 0 Å². The van der Waals surface area contributed by atoms with E-state index in [1.54, 1.807) is 0 Å². The maximum atomic E-state index is 14.4. The van der Waals surface area contributed by atoms with Crippen LogP contribution < -0.4 is 5.32 Å². The molecule has 9 heteroatoms. The van der Waals surface area contributed by atoms with Gasteiger partial charge in [0.25, 0.3) is 5.91 Å². The molecule has 0 radical (unpaired) electrons. The zero-order valence-corrected chi connectivity index (χ0v) is 14.3. The minimum atomic E-state index is -4.82. The molecule has 1 atom stereocenters. The SMILES string of the molecule is O=C(NC1CCc2ccccc21)c1ccc(-c2noc(C(F)(F)F)n2)c(F)c1. The summed E-state index contributed by atoms with van der Waals surface area (Å²) in [6.07, 6.45) is -3.23. The first kappa shape index (κ1) is 18.1. The van der Waals surface area contributed by atoms with Gasteiger partial charge in [-0.1, -0.05) is 29.4 Å². The zero-order valence-electron chi connectivity index (χ0n) is 14.3. The number of nitrogens with zero attached hydrogens (tertiary/aromatic N) is 2. The van der Waals surface area contributed by atoms with Crippen molar-refractivity contribution in [1.82, 2.24) is 15.5 Å². The fourth-order valence-corrected chi connectivity index (χ4v) is 3.23. The van der Waals surface area contributed by atoms with Crippen LogP contribution in [0.2, 0.25) is 0 Å². The molecule has 0 saturated carbocycles. The molecule has 0 aliphatic heterocycles. The summed E-state index contributed by atoms with van der Waals surface area (Å²) >= 11 is 0. The third kappa shape index (κ3) is 3.35. The summed E-state index contributed by atoms with van der Waals surface area (Å²) in [5.41, 5.74) is 1.94. The summed E-state index contributed by atoms with van der Waals surface area (Å²) in [5.74, 6) is -3.50. The molecule has 2 aromatic carbocycles. The Morgan fingerprint density at radius 1 is 1.18 bits per heavy atom. The van der Waals surface area contributed by atoms with Crippen LogP contribution in [-0.2, 0) is 12.6 Å². The Balaban J connectivity index is 1.53. The summed E-state index contributed by atoms with van der Waals surface area (Å²) in [6.45, 7) is 0. The molecular formula is C19H13F4N3O2. The number of fused-ring (bicyclic) bond motifs is 1. The molecule has 1 N–H and O–H groups in total. The van der Waals surface area contributed by atoms with E-state index < -0.39 is 29.6 Å². The number of benzene rings is 2. The Kier molecular flexibility index (Phi) is 4.37. The van der Waals surface area contributed by atoms with Crippen LogP contribution >= 0.6 is 0 Å². The van der Waals surface area contributed by atoms with Crippen molar-refractivity contribution in [2.45, 2.75) is 25.1 Å². The highest BCUT2D eigenvalue weighted by Crippen LogP contribution is 2.32. The molecule has 1 aliphatic carbocycles. The monoisotopic (exact) mass is 391 g/mol. The molecule has 1 heterocycles. The molecule has 3 aromatic rings. The van der Waals surface area contributed by atoms with Gasteiger partial charge in [0.05, 0.1) is 11.6 Å². The number of hydrogen-bond donors (Lipinski definition) is 1. The summed E-state index contributed by atoms with van der Waals surface area (Å²) in [4.78, 5) is 15.6. The number of rotatable bonds is 3. The molecule has 144 valence electrons. The van der Waals surface area contributed by atoms with Crippen molar-refractivity contribution in [3.63, 3.8) is 0 Å². The zero-order chi connectivity index (χ0) is 19.9. The van der Waals surface area contributed by atoms with E-state index in [0.29, 0.717) is 0 Å². The third-order valence-electron chi connectivity index (χ3n) is 4.58. The van der Waals surface area contributed by atoms with Crippen molar-refractivity contribution in [2.75, 3.05) is 0 Å². The summed E-state index contributed by atoms with van der Waals surface area (Å²) in [6, 6.07) is 11.0. The molecule has 4 rings (SSSR count). The van der Waals surface area contributed by atoms with Crippen LogP contribution in [0.25, 0.3) is 11.4 Å². The molecule has 0 fully saturated rings. The van der Waals surface area contributed by atoms with Gasteiger partial charge in [-0.25, -0.2) is 4.39 Å². The topological polar surface area (TPSA) is 68.0 Å². The first-order chi connectivity index (χ1) is 13.3. The molecule has 28 heavy (non-hydrogen) atoms. The molecule has 0 saturated heterocycles. The van der Waals surface area contributed by atoms with Crippen LogP contribution in [0.1, 0.15) is 39.8 Å². The van der Waals surface area contributed by atoms with Crippen LogP contribution in [0.4, 0.5) is 17.6 Å². The maximum absolute atomic E-state index is 14.4. The molecule has 0 spiro atoms. The largest absolute Gasteiger partial charge is 0.471 e. The predicted molar refractivity (Wildman–Crippen MR) is 89.7 cm³/mol. The van der Waals surface area contributed by atoms with E-state index in [1.165, 1.54) is 6.07 Å². The van der Waals surface area contributed by atoms with Crippen molar-refractivity contribution in [1.29, 1.82) is 0 Å². The molecule has 0 bridgehead atoms. The third-order valence-corrected chi connectivity index (χ3v) is 4.58. The molecule has 1 amide bonds. The normalized spacial score (nSPS) is 16.1. The van der Waals surface area contributed by atoms with E-state index in [1.807, 2.05) is 24.3 Å². The Hall–Kier alpha value is -3.23. The van der Waals surface area contributed by atoms with E-state index in [4.69, 9.17) is 0 Å². The number of aromatic nitrogens is 2. The average molecular weight is 391 g/mol. The molecule has 5 nitrogen and oxygen atoms in total. The van der Waals surface area contributed by atoms with Gasteiger partial charge in [0, 0.05) is 5.56 Å². The lowest BCUT2D eigenvalue weighted by atomic mass is 10.1. The van der Waals surface area contributed by atoms with E-state index in [-0.39, 0.29) is 17.2 Å². The van der Waals surface area contributed by atoms with E-state index in [0.717, 1.165) is 36.1 Å². The van der Waals surface area contributed by atoms with Crippen molar-refractivity contribution in [2.24, 2.45) is 0 Å². The fraction of sp³-hybridized carbons (Fsp3) is 0.211. The van der Waals surface area contributed by atoms with Gasteiger partial charge < -0.3 is 9.84 Å². The van der Waals surface area contributed by atoms with Gasteiger partial charge in [0.15, 0.2) is 0 Å². The Morgan fingerprint density at radius 2 is 1.96 bits per heavy atom. The second-order valence-electron chi connectivity index (χ2n) is 6.38. The Morgan fingerprint density at radius 3 is 2.68 bits per heavy atom. The van der Waals surface area contributed by atoms with Crippen molar-refractivity contribution in [3.05, 3.63) is 70.9 Å². The van der Waals surface area contributed by atoms with Crippen LogP contribution in [0.3, 0.4) is 0 Å². The van der Waals surface area contributed by atoms with Crippen molar-refractivity contribution < 1.29 is 26.9 Å². The predicted octanol–water partition coefficient (Wildman–Crippen LogP) is 4.31. The van der Waals surface area contributed by atoms with Crippen molar-refractivity contribution in [3.8, 4) is 11.4 Å². The maximum Gasteiger partial charge on any atom is 0.471 e. The highest BCUT2D eigenvalue weighted by atomic mass is 19.4. The quantitative estimate of drug-likeness (QED) is 0.676. The number of aryl methyl sites for hydroxylation is 1. The number of hydrogen-bond acceptors (Lipinski definition) is 4. The number of nitrogens with one attached hydrogen (secondary N) is 1. The number of halogens is 4. The van der Waals surface area contributed by atoms with Crippen molar-refractivity contribution >= 4 is 5.91 Å². The second kappa shape index (κ2) is 6.74. The van der Waals surface area contributed by atoms with Crippen LogP contribution in [0.15, 0.2) is 47.0 Å². The number of alkyl halides is 3. The van der Waals surface area contributed by atoms with E-state index in [2.05, 4.69) is 20.0 Å². The van der Waals surface area contributed by atoms with Gasteiger partial charge in [0.1, 0.15) is 5.82 Å². The van der Waals surface area contributed by atoms with Crippen LogP contribution in [-0.4, -0.2) is 16.0 Å². The lowest BCUT2D eigenvalue weighted by Crippen LogP contribution is -2.27. The number of carbonyl (C=O) groups excluding carboxylic acids is 1. The second-order valence-corrected chi connectivity index (χ2v) is 6.38. The van der Waals surface area contributed by atoms with E-state index >= 15 is 0 Å². The standard InChI is InChI=1S/C19H13F4N3O2/c20-14-9-11(5-7-13(14)16-25-18(28-26-16)19(21,22)23)17(27)24-15-8-6-10-3-1-2-4-12(10)15/h1-5,7,9,15H,6,8H2,(H,24,27). The Labute approximate surface area is 156 Å². The highest BCUT2D eigenvalue weighted by molar-refractivity contribution is 5.95. The van der Waals surface area contributed by atoms with Gasteiger partial charge in [-0.05, 0) is 42.2 Å².